The second kappa shape index (κ2) is 9.55. The van der Waals surface area contributed by atoms with E-state index in [1.807, 2.05) is 36.4 Å². The number of aromatic nitrogens is 3. The van der Waals surface area contributed by atoms with Crippen molar-refractivity contribution in [3.05, 3.63) is 66.1 Å². The van der Waals surface area contributed by atoms with Gasteiger partial charge in [0.25, 0.3) is 5.91 Å². The molecule has 0 atom stereocenters. The number of hydrogen-bond acceptors (Lipinski definition) is 4. The molecule has 0 saturated heterocycles. The van der Waals surface area contributed by atoms with Crippen LogP contribution < -0.4 is 10.1 Å². The van der Waals surface area contributed by atoms with Crippen molar-refractivity contribution in [1.82, 2.24) is 20.1 Å². The van der Waals surface area contributed by atoms with Crippen LogP contribution in [0.2, 0.25) is 0 Å². The maximum Gasteiger partial charge on any atom is 0.258 e. The Bertz CT molecular complexity index is 1030. The van der Waals surface area contributed by atoms with E-state index in [2.05, 4.69) is 41.8 Å². The Hall–Kier alpha value is -3.15. The van der Waals surface area contributed by atoms with Crippen LogP contribution in [-0.2, 0) is 16.8 Å². The van der Waals surface area contributed by atoms with Crippen molar-refractivity contribution in [3.8, 4) is 17.0 Å². The quantitative estimate of drug-likeness (QED) is 0.567. The van der Waals surface area contributed by atoms with Crippen LogP contribution in [-0.4, -0.2) is 27.3 Å². The number of carbonyl (C=O) groups excluding carboxylic acids is 1. The molecule has 1 fully saturated rings. The Labute approximate surface area is 190 Å². The average Bonchev–Trinajstić information content (AvgIpc) is 3.46. The van der Waals surface area contributed by atoms with E-state index in [9.17, 15) is 4.79 Å². The highest BCUT2D eigenvalue weighted by Crippen LogP contribution is 2.33. The maximum atomic E-state index is 12.4. The zero-order valence-electron chi connectivity index (χ0n) is 19.2. The first kappa shape index (κ1) is 22.1. The smallest absolute Gasteiger partial charge is 0.258 e. The van der Waals surface area contributed by atoms with Crippen LogP contribution in [0, 0.1) is 0 Å². The molecule has 6 nitrogen and oxygen atoms in total. The summed E-state index contributed by atoms with van der Waals surface area (Å²) in [4.78, 5) is 16.5. The topological polar surface area (TPSA) is 69.0 Å². The molecule has 0 unspecified atom stereocenters. The normalized spacial score (nSPS) is 14.5. The van der Waals surface area contributed by atoms with Crippen molar-refractivity contribution < 1.29 is 9.53 Å². The minimum Gasteiger partial charge on any atom is -0.484 e. The molecule has 0 spiro atoms. The summed E-state index contributed by atoms with van der Waals surface area (Å²) in [6.45, 7) is 6.87. The van der Waals surface area contributed by atoms with E-state index in [0.29, 0.717) is 18.3 Å². The predicted molar refractivity (Wildman–Crippen MR) is 125 cm³/mol. The van der Waals surface area contributed by atoms with Gasteiger partial charge in [-0.1, -0.05) is 45.7 Å². The van der Waals surface area contributed by atoms with Gasteiger partial charge in [0.1, 0.15) is 5.75 Å². The summed E-state index contributed by atoms with van der Waals surface area (Å²) < 4.78 is 7.79. The van der Waals surface area contributed by atoms with Crippen LogP contribution in [0.1, 0.15) is 63.8 Å². The SMILES string of the molecule is CC(C)(C)c1ccc(OCC(=O)NCc2cc(-c3ccncc3)n(C3CCCC3)n2)cc1. The third-order valence-electron chi connectivity index (χ3n) is 5.99. The third kappa shape index (κ3) is 5.36. The van der Waals surface area contributed by atoms with E-state index in [0.717, 1.165) is 29.8 Å². The van der Waals surface area contributed by atoms with Crippen molar-refractivity contribution in [2.45, 2.75) is 64.5 Å². The summed E-state index contributed by atoms with van der Waals surface area (Å²) in [6, 6.07) is 14.4. The van der Waals surface area contributed by atoms with Crippen LogP contribution in [0.25, 0.3) is 11.3 Å². The zero-order valence-corrected chi connectivity index (χ0v) is 19.2. The van der Waals surface area contributed by atoms with Gasteiger partial charge in [0.05, 0.1) is 24.0 Å². The molecule has 3 aromatic rings. The van der Waals surface area contributed by atoms with Gasteiger partial charge in [-0.2, -0.15) is 5.10 Å². The van der Waals surface area contributed by atoms with Gasteiger partial charge in [-0.05, 0) is 54.2 Å². The second-order valence-electron chi connectivity index (χ2n) is 9.48. The van der Waals surface area contributed by atoms with Crippen molar-refractivity contribution in [2.75, 3.05) is 6.61 Å². The highest BCUT2D eigenvalue weighted by Gasteiger charge is 2.22. The number of pyridine rings is 1. The first-order valence-corrected chi connectivity index (χ1v) is 11.4. The fourth-order valence-corrected chi connectivity index (χ4v) is 4.14. The van der Waals surface area contributed by atoms with E-state index in [4.69, 9.17) is 9.84 Å². The Morgan fingerprint density at radius 2 is 1.78 bits per heavy atom. The van der Waals surface area contributed by atoms with Gasteiger partial charge in [0.15, 0.2) is 6.61 Å². The van der Waals surface area contributed by atoms with E-state index in [-0.39, 0.29) is 17.9 Å². The number of amides is 1. The molecule has 168 valence electrons. The Balaban J connectivity index is 1.36. The fourth-order valence-electron chi connectivity index (χ4n) is 4.14. The maximum absolute atomic E-state index is 12.4. The number of carbonyl (C=O) groups is 1. The molecule has 4 rings (SSSR count). The lowest BCUT2D eigenvalue weighted by Crippen LogP contribution is -2.28. The first-order chi connectivity index (χ1) is 15.4. The van der Waals surface area contributed by atoms with Gasteiger partial charge < -0.3 is 10.1 Å². The Morgan fingerprint density at radius 3 is 2.44 bits per heavy atom. The van der Waals surface area contributed by atoms with Gasteiger partial charge in [-0.3, -0.25) is 14.5 Å². The van der Waals surface area contributed by atoms with E-state index in [1.165, 1.54) is 18.4 Å². The molecule has 1 aliphatic rings. The minimum atomic E-state index is -0.161. The van der Waals surface area contributed by atoms with Crippen LogP contribution in [0.5, 0.6) is 5.75 Å². The van der Waals surface area contributed by atoms with Gasteiger partial charge in [0.2, 0.25) is 0 Å². The Morgan fingerprint density at radius 1 is 1.09 bits per heavy atom. The molecule has 2 aromatic heterocycles. The molecule has 0 bridgehead atoms. The molecule has 1 N–H and O–H groups in total. The molecule has 1 aliphatic carbocycles. The molecule has 0 aliphatic heterocycles. The van der Waals surface area contributed by atoms with Gasteiger partial charge in [-0.25, -0.2) is 0 Å². The largest absolute Gasteiger partial charge is 0.484 e. The summed E-state index contributed by atoms with van der Waals surface area (Å²) in [5, 5.41) is 7.77. The summed E-state index contributed by atoms with van der Waals surface area (Å²) in [5.41, 5.74) is 4.36. The molecule has 1 amide bonds. The molecular formula is C26H32N4O2. The first-order valence-electron chi connectivity index (χ1n) is 11.4. The van der Waals surface area contributed by atoms with Crippen LogP contribution in [0.3, 0.4) is 0 Å². The minimum absolute atomic E-state index is 0.0184. The highest BCUT2D eigenvalue weighted by atomic mass is 16.5. The van der Waals surface area contributed by atoms with Crippen molar-refractivity contribution in [3.63, 3.8) is 0 Å². The van der Waals surface area contributed by atoms with E-state index < -0.39 is 0 Å². The summed E-state index contributed by atoms with van der Waals surface area (Å²) in [5.74, 6) is 0.532. The third-order valence-corrected chi connectivity index (χ3v) is 5.99. The molecular weight excluding hydrogens is 400 g/mol. The van der Waals surface area contributed by atoms with Gasteiger partial charge in [-0.15, -0.1) is 0 Å². The summed E-state index contributed by atoms with van der Waals surface area (Å²) >= 11 is 0. The summed E-state index contributed by atoms with van der Waals surface area (Å²) in [7, 11) is 0. The monoisotopic (exact) mass is 432 g/mol. The van der Waals surface area contributed by atoms with Crippen LogP contribution in [0.15, 0.2) is 54.9 Å². The number of nitrogens with one attached hydrogen (secondary N) is 1. The number of benzene rings is 1. The average molecular weight is 433 g/mol. The zero-order chi connectivity index (χ0) is 22.6. The van der Waals surface area contributed by atoms with Crippen molar-refractivity contribution >= 4 is 5.91 Å². The van der Waals surface area contributed by atoms with E-state index in [1.54, 1.807) is 12.4 Å². The fraction of sp³-hybridized carbons (Fsp3) is 0.423. The number of rotatable bonds is 7. The number of hydrogen-bond donors (Lipinski definition) is 1. The Kier molecular flexibility index (Phi) is 6.58. The lowest BCUT2D eigenvalue weighted by atomic mass is 9.87. The van der Waals surface area contributed by atoms with Crippen molar-refractivity contribution in [1.29, 1.82) is 0 Å². The van der Waals surface area contributed by atoms with E-state index >= 15 is 0 Å². The van der Waals surface area contributed by atoms with Gasteiger partial charge in [0, 0.05) is 18.0 Å². The molecule has 1 aromatic carbocycles. The molecule has 1 saturated carbocycles. The second-order valence-corrected chi connectivity index (χ2v) is 9.48. The standard InChI is InChI=1S/C26H32N4O2/c1-26(2,3)20-8-10-23(11-9-20)32-18-25(31)28-17-21-16-24(19-12-14-27-15-13-19)30(29-21)22-6-4-5-7-22/h8-16,22H,4-7,17-18H2,1-3H3,(H,28,31). The summed E-state index contributed by atoms with van der Waals surface area (Å²) in [6.07, 6.45) is 8.37. The molecule has 6 heteroatoms. The highest BCUT2D eigenvalue weighted by molar-refractivity contribution is 5.77. The number of nitrogens with zero attached hydrogens (tertiary/aromatic N) is 3. The lowest BCUT2D eigenvalue weighted by Gasteiger charge is -2.19. The van der Waals surface area contributed by atoms with Gasteiger partial charge >= 0.3 is 0 Å². The lowest BCUT2D eigenvalue weighted by molar-refractivity contribution is -0.123. The molecule has 32 heavy (non-hydrogen) atoms. The van der Waals surface area contributed by atoms with Crippen LogP contribution in [0.4, 0.5) is 0 Å². The number of ether oxygens (including phenoxy) is 1. The predicted octanol–water partition coefficient (Wildman–Crippen LogP) is 5.05. The molecule has 0 radical (unpaired) electrons. The van der Waals surface area contributed by atoms with Crippen LogP contribution >= 0.6 is 0 Å². The molecule has 2 heterocycles. The van der Waals surface area contributed by atoms with Crippen molar-refractivity contribution in [2.24, 2.45) is 0 Å².